The highest BCUT2D eigenvalue weighted by Crippen LogP contribution is 2.29. The summed E-state index contributed by atoms with van der Waals surface area (Å²) < 4.78 is 17.9. The molecule has 12 aromatic heterocycles. The number of carboxylic acids is 3. The molecule has 12 aromatic rings. The Balaban J connectivity index is 0.000000173. The molecule has 0 fully saturated rings. The smallest absolute Gasteiger partial charge is 0.354 e. The molecule has 0 aromatic carbocycles. The van der Waals surface area contributed by atoms with Gasteiger partial charge in [0.1, 0.15) is 42.7 Å². The van der Waals surface area contributed by atoms with Crippen molar-refractivity contribution in [2.24, 2.45) is 42.3 Å². The molecule has 0 saturated carbocycles. The quantitative estimate of drug-likeness (QED) is 0.0699. The third-order valence-electron chi connectivity index (χ3n) is 14.1. The second kappa shape index (κ2) is 35.1. The van der Waals surface area contributed by atoms with Crippen molar-refractivity contribution in [2.75, 3.05) is 34.0 Å². The zero-order valence-electron chi connectivity index (χ0n) is 57.4. The normalized spacial score (nSPS) is 10.5. The summed E-state index contributed by atoms with van der Waals surface area (Å²) in [6.07, 6.45) is 18.0. The van der Waals surface area contributed by atoms with E-state index in [1.54, 1.807) is 79.8 Å². The lowest BCUT2D eigenvalue weighted by atomic mass is 10.1. The minimum absolute atomic E-state index is 0.0463. The van der Waals surface area contributed by atoms with E-state index in [9.17, 15) is 28.8 Å². The summed E-state index contributed by atoms with van der Waals surface area (Å²) in [5, 5.41) is 78.1. The Morgan fingerprint density at radius 1 is 0.398 bits per heavy atom. The van der Waals surface area contributed by atoms with Gasteiger partial charge in [-0.25, -0.2) is 64.2 Å². The Bertz CT molecular complexity index is 5040. The van der Waals surface area contributed by atoms with Gasteiger partial charge in [0.25, 0.3) is 0 Å². The van der Waals surface area contributed by atoms with Crippen LogP contribution in [0.25, 0.3) is 67.9 Å². The lowest BCUT2D eigenvalue weighted by Crippen LogP contribution is -2.12. The summed E-state index contributed by atoms with van der Waals surface area (Å²) in [6.45, 7) is 7.41. The number of aromatic nitrogens is 24. The first-order valence-corrected chi connectivity index (χ1v) is 30.3. The largest absolute Gasteiger partial charge is 0.480 e. The standard InChI is InChI=1S/C12H14N4O2.C11H12N4O3.C11H12N4O2.C10H9ClN4O2.C10H10N4O3.C10H10N4O2/c1-7-4-8(2)15-12(14-7)9-5-13-16(3)11(9)10(18)6-17;1-15-10(9(17)6-16)7(5-13-15)8-3-4-12-11(14-8)18-2;1-7-3-4-12-11(14-7)8-5-13-15(2)10(8)9(17)6-16;1-5-12-4-7(11)8(14-5)6-3-13-15(2)9(6)10(16)17;1-14-9(10(15)16)6(3-12-14)7-4-11-5-8(13-7)17-2;1-6-3-4-11-9(13-6)7-5-12-14(2)8(7)10(15)16/h4-5,17H,6H2,1-3H3;3-5,16H,6H2,1-2H3;3-5,16H,6H2,1-2H3;3-4H,1-2H3,(H,16,17);3-5H,1-2H3,(H,15,16);3-5H,1-2H3,(H,15,16). The number of methoxy groups -OCH3 is 2. The van der Waals surface area contributed by atoms with E-state index in [0.717, 1.165) is 22.8 Å². The molecule has 0 spiro atoms. The average molecular weight is 1430 g/mol. The maximum atomic E-state index is 11.7. The van der Waals surface area contributed by atoms with Crippen molar-refractivity contribution in [1.82, 2.24) is 118 Å². The lowest BCUT2D eigenvalue weighted by Gasteiger charge is -2.04. The maximum absolute atomic E-state index is 11.7. The van der Waals surface area contributed by atoms with E-state index in [-0.39, 0.29) is 23.1 Å². The molecule has 0 bridgehead atoms. The highest BCUT2D eigenvalue weighted by molar-refractivity contribution is 6.33. The van der Waals surface area contributed by atoms with Gasteiger partial charge in [0, 0.05) is 95.4 Å². The Kier molecular flexibility index (Phi) is 26.3. The average Bonchev–Trinajstić information content (AvgIpc) is 1.75. The fourth-order valence-corrected chi connectivity index (χ4v) is 9.65. The van der Waals surface area contributed by atoms with Crippen molar-refractivity contribution in [3.63, 3.8) is 0 Å². The van der Waals surface area contributed by atoms with Gasteiger partial charge in [-0.05, 0) is 58.9 Å². The van der Waals surface area contributed by atoms with E-state index < -0.39 is 55.1 Å². The molecule has 0 saturated heterocycles. The minimum atomic E-state index is -1.08. The molecule has 39 heteroatoms. The van der Waals surface area contributed by atoms with Gasteiger partial charge in [-0.2, -0.15) is 35.6 Å². The number of ketones is 3. The number of carbonyl (C=O) groups is 6. The van der Waals surface area contributed by atoms with Gasteiger partial charge in [0.05, 0.1) is 114 Å². The van der Waals surface area contributed by atoms with Crippen LogP contribution >= 0.6 is 11.6 Å². The van der Waals surface area contributed by atoms with Crippen LogP contribution in [0.4, 0.5) is 0 Å². The van der Waals surface area contributed by atoms with E-state index in [0.29, 0.717) is 102 Å². The number of carboxylic acid groups (broad SMARTS) is 3. The predicted octanol–water partition coefficient (Wildman–Crippen LogP) is 4.09. The molecule has 0 atom stereocenters. The first-order chi connectivity index (χ1) is 49.0. The number of ether oxygens (including phenoxy) is 2. The van der Waals surface area contributed by atoms with Crippen LogP contribution in [0.2, 0.25) is 5.02 Å². The van der Waals surface area contributed by atoms with Crippen LogP contribution in [-0.4, -0.2) is 218 Å². The number of carbonyl (C=O) groups excluding carboxylic acids is 3. The first kappa shape index (κ1) is 77.3. The third-order valence-corrected chi connectivity index (χ3v) is 14.3. The van der Waals surface area contributed by atoms with Gasteiger partial charge in [-0.3, -0.25) is 47.5 Å². The number of aromatic carboxylic acids is 3. The van der Waals surface area contributed by atoms with Crippen molar-refractivity contribution in [3.8, 4) is 79.8 Å². The Morgan fingerprint density at radius 3 is 1.21 bits per heavy atom. The molecule has 6 N–H and O–H groups in total. The number of nitrogens with zero attached hydrogens (tertiary/aromatic N) is 24. The monoisotopic (exact) mass is 1430 g/mol. The third kappa shape index (κ3) is 19.0. The fraction of sp³-hybridized carbons (Fsp3) is 0.250. The number of aliphatic hydroxyl groups is 3. The summed E-state index contributed by atoms with van der Waals surface area (Å²) in [6, 6.07) is 7.23. The molecule has 0 amide bonds. The van der Waals surface area contributed by atoms with Crippen LogP contribution in [-0.2, 0) is 42.3 Å². The van der Waals surface area contributed by atoms with Gasteiger partial charge >= 0.3 is 23.9 Å². The first-order valence-electron chi connectivity index (χ1n) is 30.0. The highest BCUT2D eigenvalue weighted by Gasteiger charge is 2.25. The Morgan fingerprint density at radius 2 is 0.777 bits per heavy atom. The number of halogens is 1. The number of aliphatic hydroxyl groups excluding tert-OH is 3. The topological polar surface area (TPSA) is 504 Å². The van der Waals surface area contributed by atoms with E-state index in [4.69, 9.17) is 51.7 Å². The molecule has 0 radical (unpaired) electrons. The molecular formula is C64H67ClN24O14. The van der Waals surface area contributed by atoms with E-state index in [1.807, 2.05) is 33.8 Å². The second-order valence-electron chi connectivity index (χ2n) is 21.3. The van der Waals surface area contributed by atoms with Gasteiger partial charge in [-0.15, -0.1) is 0 Å². The number of hydrogen-bond acceptors (Lipinski definition) is 29. The fourth-order valence-electron chi connectivity index (χ4n) is 9.46. The molecular weight excluding hydrogens is 1360 g/mol. The molecule has 0 aliphatic rings. The second-order valence-corrected chi connectivity index (χ2v) is 21.8. The zero-order chi connectivity index (χ0) is 75.5. The number of aryl methyl sites for hydroxylation is 11. The predicted molar refractivity (Wildman–Crippen MR) is 362 cm³/mol. The summed E-state index contributed by atoms with van der Waals surface area (Å²) in [7, 11) is 12.5. The number of Topliss-reactive ketones (excluding diaryl/α,β-unsaturated/α-hetero) is 3. The van der Waals surface area contributed by atoms with E-state index in [2.05, 4.69) is 90.4 Å². The van der Waals surface area contributed by atoms with Crippen molar-refractivity contribution in [2.45, 2.75) is 34.6 Å². The van der Waals surface area contributed by atoms with Crippen LogP contribution in [0.3, 0.4) is 0 Å². The molecule has 38 nitrogen and oxygen atoms in total. The number of hydrogen-bond donors (Lipinski definition) is 6. The van der Waals surface area contributed by atoms with Gasteiger partial charge < -0.3 is 40.1 Å². The molecule has 12 rings (SSSR count). The molecule has 0 aliphatic carbocycles. The van der Waals surface area contributed by atoms with Crippen molar-refractivity contribution < 1.29 is 68.9 Å². The molecule has 0 aliphatic heterocycles. The summed E-state index contributed by atoms with van der Waals surface area (Å²) >= 11 is 5.96. The minimum Gasteiger partial charge on any atom is -0.480 e. The van der Waals surface area contributed by atoms with Crippen molar-refractivity contribution in [3.05, 3.63) is 166 Å². The van der Waals surface area contributed by atoms with Crippen molar-refractivity contribution in [1.29, 1.82) is 0 Å². The number of rotatable bonds is 17. The van der Waals surface area contributed by atoms with Gasteiger partial charge in [-0.1, -0.05) is 11.6 Å². The molecule has 0 unspecified atom stereocenters. The van der Waals surface area contributed by atoms with Crippen LogP contribution < -0.4 is 9.47 Å². The van der Waals surface area contributed by atoms with Crippen LogP contribution in [0, 0.1) is 34.6 Å². The van der Waals surface area contributed by atoms with Crippen LogP contribution in [0.1, 0.15) is 91.5 Å². The van der Waals surface area contributed by atoms with E-state index >= 15 is 0 Å². The molecule has 12 heterocycles. The summed E-state index contributed by atoms with van der Waals surface area (Å²) in [5.41, 5.74) is 8.53. The Hall–Kier alpha value is -13.1. The highest BCUT2D eigenvalue weighted by atomic mass is 35.5. The summed E-state index contributed by atoms with van der Waals surface area (Å²) in [5.74, 6) is -2.28. The van der Waals surface area contributed by atoms with Crippen LogP contribution in [0.5, 0.6) is 11.9 Å². The van der Waals surface area contributed by atoms with E-state index in [1.165, 1.54) is 104 Å². The van der Waals surface area contributed by atoms with Gasteiger partial charge in [0.2, 0.25) is 23.2 Å². The zero-order valence-corrected chi connectivity index (χ0v) is 58.2. The molecule has 534 valence electrons. The molecule has 103 heavy (non-hydrogen) atoms. The Labute approximate surface area is 589 Å². The maximum Gasteiger partial charge on any atom is 0.354 e. The van der Waals surface area contributed by atoms with Crippen LogP contribution in [0.15, 0.2) is 98.6 Å². The van der Waals surface area contributed by atoms with Crippen molar-refractivity contribution >= 4 is 46.9 Å². The lowest BCUT2D eigenvalue weighted by molar-refractivity contribution is 0.0675. The SMILES string of the molecule is COc1cncc(-c2cnn(C)c2C(=O)O)n1.COc1nccc(-c2cnn(C)c2C(=O)CO)n1.Cc1cc(C)nc(-c2cnn(C)c2C(=O)CO)n1.Cc1ccnc(-c2cnn(C)c2C(=O)CO)n1.Cc1ccnc(-c2cnn(C)c2C(=O)O)n1.Cc1ncc(Cl)c(-c2cnn(C)c2C(=O)O)n1. The van der Waals surface area contributed by atoms with Gasteiger partial charge in [0.15, 0.2) is 34.6 Å². The summed E-state index contributed by atoms with van der Waals surface area (Å²) in [4.78, 5) is 117.